The first-order valence-corrected chi connectivity index (χ1v) is 5.77. The van der Waals surface area contributed by atoms with E-state index in [9.17, 15) is 0 Å². The third-order valence-corrected chi connectivity index (χ3v) is 3.32. The summed E-state index contributed by atoms with van der Waals surface area (Å²) in [6.07, 6.45) is 8.61. The van der Waals surface area contributed by atoms with Crippen molar-refractivity contribution in [1.82, 2.24) is 14.8 Å². The Balaban J connectivity index is 2.43. The summed E-state index contributed by atoms with van der Waals surface area (Å²) in [6.45, 7) is 6.49. The zero-order valence-electron chi connectivity index (χ0n) is 10.5. The third-order valence-electron chi connectivity index (χ3n) is 3.32. The smallest absolute Gasteiger partial charge is 0.177 e. The molecule has 0 aromatic carbocycles. The molecule has 0 aliphatic heterocycles. The van der Waals surface area contributed by atoms with Gasteiger partial charge in [-0.2, -0.15) is 5.10 Å². The zero-order valence-corrected chi connectivity index (χ0v) is 10.5. The largest absolute Gasteiger partial charge is 0.255 e. The lowest BCUT2D eigenvalue weighted by Gasteiger charge is -2.13. The van der Waals surface area contributed by atoms with Crippen molar-refractivity contribution in [2.45, 2.75) is 33.6 Å². The quantitative estimate of drug-likeness (QED) is 0.729. The van der Waals surface area contributed by atoms with Crippen molar-refractivity contribution >= 4 is 5.57 Å². The van der Waals surface area contributed by atoms with Crippen LogP contribution in [0.25, 0.3) is 5.57 Å². The standard InChI is InChI=1S/C13H19N3/c1-5-6-11(13(3)7-8-13)10(2)12-14-9-16(4)15-12/h5-6,9H,7-8H2,1-4H3/b6-5-,11-10-. The van der Waals surface area contributed by atoms with Crippen LogP contribution in [0.4, 0.5) is 0 Å². The fraction of sp³-hybridized carbons (Fsp3) is 0.538. The summed E-state index contributed by atoms with van der Waals surface area (Å²) in [5.41, 5.74) is 2.95. The van der Waals surface area contributed by atoms with Crippen LogP contribution < -0.4 is 0 Å². The monoisotopic (exact) mass is 217 g/mol. The molecule has 16 heavy (non-hydrogen) atoms. The van der Waals surface area contributed by atoms with Gasteiger partial charge in [0.05, 0.1) is 0 Å². The van der Waals surface area contributed by atoms with E-state index in [1.54, 1.807) is 11.0 Å². The van der Waals surface area contributed by atoms with Gasteiger partial charge >= 0.3 is 0 Å². The molecule has 1 aliphatic rings. The molecule has 2 rings (SSSR count). The molecule has 1 aliphatic carbocycles. The molecule has 0 saturated heterocycles. The van der Waals surface area contributed by atoms with Gasteiger partial charge in [0.1, 0.15) is 6.33 Å². The van der Waals surface area contributed by atoms with Crippen LogP contribution in [0.2, 0.25) is 0 Å². The maximum absolute atomic E-state index is 4.37. The number of aryl methyl sites for hydroxylation is 1. The maximum atomic E-state index is 4.37. The van der Waals surface area contributed by atoms with Gasteiger partial charge in [0.15, 0.2) is 5.82 Å². The highest BCUT2D eigenvalue weighted by atomic mass is 15.3. The molecule has 0 N–H and O–H groups in total. The lowest BCUT2D eigenvalue weighted by atomic mass is 9.93. The van der Waals surface area contributed by atoms with Crippen molar-refractivity contribution in [3.05, 3.63) is 29.9 Å². The Morgan fingerprint density at radius 2 is 2.19 bits per heavy atom. The van der Waals surface area contributed by atoms with Gasteiger partial charge in [-0.05, 0) is 43.3 Å². The van der Waals surface area contributed by atoms with E-state index in [0.717, 1.165) is 5.82 Å². The van der Waals surface area contributed by atoms with Gasteiger partial charge in [0, 0.05) is 7.05 Å². The Kier molecular flexibility index (Phi) is 2.70. The van der Waals surface area contributed by atoms with Gasteiger partial charge in [-0.25, -0.2) is 4.98 Å². The van der Waals surface area contributed by atoms with Gasteiger partial charge < -0.3 is 0 Å². The highest BCUT2D eigenvalue weighted by Gasteiger charge is 2.41. The second-order valence-corrected chi connectivity index (χ2v) is 4.84. The molecular weight excluding hydrogens is 198 g/mol. The summed E-state index contributed by atoms with van der Waals surface area (Å²) in [4.78, 5) is 4.32. The SMILES string of the molecule is C/C=C\C(=C(/C)c1ncn(C)n1)C1(C)CC1. The average molecular weight is 217 g/mol. The van der Waals surface area contributed by atoms with Crippen molar-refractivity contribution in [2.24, 2.45) is 12.5 Å². The second-order valence-electron chi connectivity index (χ2n) is 4.84. The summed E-state index contributed by atoms with van der Waals surface area (Å²) < 4.78 is 1.75. The van der Waals surface area contributed by atoms with Gasteiger partial charge in [-0.1, -0.05) is 19.1 Å². The van der Waals surface area contributed by atoms with Crippen LogP contribution in [-0.2, 0) is 7.05 Å². The Morgan fingerprint density at radius 3 is 2.62 bits per heavy atom. The average Bonchev–Trinajstić information content (AvgIpc) is 2.83. The van der Waals surface area contributed by atoms with Crippen molar-refractivity contribution in [1.29, 1.82) is 0 Å². The molecule has 0 bridgehead atoms. The molecule has 0 amide bonds. The van der Waals surface area contributed by atoms with E-state index in [1.807, 2.05) is 7.05 Å². The first kappa shape index (κ1) is 11.1. The van der Waals surface area contributed by atoms with E-state index in [2.05, 4.69) is 43.0 Å². The van der Waals surface area contributed by atoms with Crippen LogP contribution in [0, 0.1) is 5.41 Å². The number of allylic oxidation sites excluding steroid dienone is 4. The van der Waals surface area contributed by atoms with E-state index in [-0.39, 0.29) is 0 Å². The topological polar surface area (TPSA) is 30.7 Å². The minimum atomic E-state index is 0.357. The minimum Gasteiger partial charge on any atom is -0.255 e. The highest BCUT2D eigenvalue weighted by molar-refractivity contribution is 5.66. The van der Waals surface area contributed by atoms with E-state index >= 15 is 0 Å². The van der Waals surface area contributed by atoms with Gasteiger partial charge in [-0.3, -0.25) is 4.68 Å². The first-order valence-electron chi connectivity index (χ1n) is 5.77. The van der Waals surface area contributed by atoms with E-state index in [0.29, 0.717) is 5.41 Å². The Labute approximate surface area is 96.9 Å². The second kappa shape index (κ2) is 3.89. The van der Waals surface area contributed by atoms with Crippen LogP contribution >= 0.6 is 0 Å². The lowest BCUT2D eigenvalue weighted by Crippen LogP contribution is -2.01. The van der Waals surface area contributed by atoms with E-state index in [4.69, 9.17) is 0 Å². The molecule has 0 spiro atoms. The summed E-state index contributed by atoms with van der Waals surface area (Å²) in [7, 11) is 1.90. The molecule has 3 heteroatoms. The van der Waals surface area contributed by atoms with Crippen LogP contribution in [0.3, 0.4) is 0 Å². The highest BCUT2D eigenvalue weighted by Crippen LogP contribution is 2.53. The maximum Gasteiger partial charge on any atom is 0.177 e. The summed E-state index contributed by atoms with van der Waals surface area (Å²) in [6, 6.07) is 0. The first-order chi connectivity index (χ1) is 7.57. The minimum absolute atomic E-state index is 0.357. The molecule has 1 saturated carbocycles. The van der Waals surface area contributed by atoms with E-state index in [1.165, 1.54) is 24.0 Å². The molecule has 0 unspecified atom stereocenters. The van der Waals surface area contributed by atoms with Crippen molar-refractivity contribution in [3.8, 4) is 0 Å². The van der Waals surface area contributed by atoms with E-state index < -0.39 is 0 Å². The molecule has 1 aromatic rings. The van der Waals surface area contributed by atoms with Crippen LogP contribution in [0.1, 0.15) is 39.4 Å². The van der Waals surface area contributed by atoms with Gasteiger partial charge in [0.2, 0.25) is 0 Å². The predicted molar refractivity (Wildman–Crippen MR) is 65.8 cm³/mol. The van der Waals surface area contributed by atoms with Crippen molar-refractivity contribution in [3.63, 3.8) is 0 Å². The fourth-order valence-electron chi connectivity index (χ4n) is 2.03. The van der Waals surface area contributed by atoms with Gasteiger partial charge in [0.25, 0.3) is 0 Å². The van der Waals surface area contributed by atoms with Gasteiger partial charge in [-0.15, -0.1) is 0 Å². The zero-order chi connectivity index (χ0) is 11.8. The number of rotatable bonds is 3. The molecular formula is C13H19N3. The van der Waals surface area contributed by atoms with Crippen LogP contribution in [-0.4, -0.2) is 14.8 Å². The number of nitrogens with zero attached hydrogens (tertiary/aromatic N) is 3. The Bertz CT molecular complexity index is 447. The third kappa shape index (κ3) is 1.94. The predicted octanol–water partition coefficient (Wildman–Crippen LogP) is 2.96. The van der Waals surface area contributed by atoms with Crippen molar-refractivity contribution in [2.75, 3.05) is 0 Å². The summed E-state index contributed by atoms with van der Waals surface area (Å²) in [5.74, 6) is 0.851. The normalized spacial score (nSPS) is 20.0. The molecule has 1 aromatic heterocycles. The van der Waals surface area contributed by atoms with Crippen LogP contribution in [0.5, 0.6) is 0 Å². The van der Waals surface area contributed by atoms with Crippen molar-refractivity contribution < 1.29 is 0 Å². The summed E-state index contributed by atoms with van der Waals surface area (Å²) >= 11 is 0. The fourth-order valence-corrected chi connectivity index (χ4v) is 2.03. The number of hydrogen-bond acceptors (Lipinski definition) is 2. The molecule has 0 atom stereocenters. The van der Waals surface area contributed by atoms with Crippen LogP contribution in [0.15, 0.2) is 24.1 Å². The molecule has 1 heterocycles. The number of aromatic nitrogens is 3. The molecule has 3 nitrogen and oxygen atoms in total. The summed E-state index contributed by atoms with van der Waals surface area (Å²) in [5, 5.41) is 4.37. The Hall–Kier alpha value is -1.38. The molecule has 0 radical (unpaired) electrons. The Morgan fingerprint density at radius 1 is 1.50 bits per heavy atom. The molecule has 86 valence electrons. The lowest BCUT2D eigenvalue weighted by molar-refractivity contribution is 0.708. The number of hydrogen-bond donors (Lipinski definition) is 0. The molecule has 1 fully saturated rings.